The summed E-state index contributed by atoms with van der Waals surface area (Å²) in [5, 5.41) is 0.611. The first-order valence-electron chi connectivity index (χ1n) is 8.45. The van der Waals surface area contributed by atoms with Crippen LogP contribution in [0.2, 0.25) is 0 Å². The Kier molecular flexibility index (Phi) is 4.49. The first kappa shape index (κ1) is 17.4. The number of rotatable bonds is 4. The molecule has 0 aliphatic heterocycles. The molecule has 0 saturated heterocycles. The van der Waals surface area contributed by atoms with Gasteiger partial charge in [0, 0.05) is 10.4 Å². The summed E-state index contributed by atoms with van der Waals surface area (Å²) in [5.41, 5.74) is 2.46. The maximum absolute atomic E-state index is 14.0. The number of hydrogen-bond donors (Lipinski definition) is 0. The number of hydrogen-bond acceptors (Lipinski definition) is 4. The molecule has 2 aromatic heterocycles. The molecule has 0 bridgehead atoms. The molecular formula is C21H17FN2O2S. The smallest absolute Gasteiger partial charge is 0.263 e. The molecule has 0 aliphatic rings. The van der Waals surface area contributed by atoms with Crippen LogP contribution in [0.5, 0.6) is 5.75 Å². The lowest BCUT2D eigenvalue weighted by molar-refractivity contribution is 0.386. The minimum Gasteiger partial charge on any atom is -0.494 e. The molecule has 4 aromatic rings. The van der Waals surface area contributed by atoms with E-state index in [-0.39, 0.29) is 17.9 Å². The van der Waals surface area contributed by atoms with E-state index in [1.54, 1.807) is 12.1 Å². The van der Waals surface area contributed by atoms with E-state index in [0.29, 0.717) is 15.8 Å². The van der Waals surface area contributed by atoms with Crippen LogP contribution in [0.1, 0.15) is 10.4 Å². The zero-order chi connectivity index (χ0) is 19.0. The van der Waals surface area contributed by atoms with E-state index in [1.165, 1.54) is 35.4 Å². The summed E-state index contributed by atoms with van der Waals surface area (Å²) < 4.78 is 20.4. The van der Waals surface area contributed by atoms with Crippen LogP contribution in [0.4, 0.5) is 4.39 Å². The highest BCUT2D eigenvalue weighted by Crippen LogP contribution is 2.35. The minimum atomic E-state index is -0.451. The lowest BCUT2D eigenvalue weighted by Crippen LogP contribution is -2.21. The van der Waals surface area contributed by atoms with E-state index in [2.05, 4.69) is 4.98 Å². The second kappa shape index (κ2) is 6.96. The maximum atomic E-state index is 14.0. The van der Waals surface area contributed by atoms with Crippen molar-refractivity contribution in [1.82, 2.24) is 9.55 Å². The lowest BCUT2D eigenvalue weighted by Gasteiger charge is -2.08. The van der Waals surface area contributed by atoms with Gasteiger partial charge in [0.2, 0.25) is 0 Å². The molecule has 4 rings (SSSR count). The fourth-order valence-electron chi connectivity index (χ4n) is 3.21. The van der Waals surface area contributed by atoms with Crippen molar-refractivity contribution < 1.29 is 9.13 Å². The number of nitrogens with zero attached hydrogens (tertiary/aromatic N) is 2. The van der Waals surface area contributed by atoms with Gasteiger partial charge in [-0.15, -0.1) is 11.3 Å². The van der Waals surface area contributed by atoms with E-state index in [1.807, 2.05) is 37.3 Å². The first-order valence-corrected chi connectivity index (χ1v) is 9.26. The van der Waals surface area contributed by atoms with E-state index in [4.69, 9.17) is 4.74 Å². The molecule has 136 valence electrons. The molecule has 0 spiro atoms. The molecule has 6 heteroatoms. The molecule has 0 aliphatic carbocycles. The van der Waals surface area contributed by atoms with E-state index in [0.717, 1.165) is 16.0 Å². The van der Waals surface area contributed by atoms with Gasteiger partial charge in [-0.05, 0) is 30.2 Å². The number of methoxy groups -OCH3 is 1. The van der Waals surface area contributed by atoms with Gasteiger partial charge in [-0.2, -0.15) is 0 Å². The summed E-state index contributed by atoms with van der Waals surface area (Å²) in [6.07, 6.45) is 1.53. The predicted octanol–water partition coefficient (Wildman–Crippen LogP) is 4.63. The highest BCUT2D eigenvalue weighted by molar-refractivity contribution is 7.19. The van der Waals surface area contributed by atoms with Crippen molar-refractivity contribution in [1.29, 1.82) is 0 Å². The van der Waals surface area contributed by atoms with Gasteiger partial charge < -0.3 is 4.74 Å². The fraction of sp³-hybridized carbons (Fsp3) is 0.143. The van der Waals surface area contributed by atoms with E-state index >= 15 is 0 Å². The van der Waals surface area contributed by atoms with Crippen LogP contribution in [-0.2, 0) is 6.54 Å². The SMILES string of the molecule is COc1ccc(Cn2cnc3sc(C)c(-c4ccccc4)c3c2=O)cc1F. The van der Waals surface area contributed by atoms with Crippen molar-refractivity contribution in [3.05, 3.63) is 81.5 Å². The van der Waals surface area contributed by atoms with Crippen molar-refractivity contribution in [3.8, 4) is 16.9 Å². The molecule has 0 amide bonds. The second-order valence-corrected chi connectivity index (χ2v) is 7.43. The number of halogens is 1. The summed E-state index contributed by atoms with van der Waals surface area (Å²) in [7, 11) is 1.42. The zero-order valence-electron chi connectivity index (χ0n) is 14.9. The second-order valence-electron chi connectivity index (χ2n) is 6.23. The first-order chi connectivity index (χ1) is 13.1. The summed E-state index contributed by atoms with van der Waals surface area (Å²) in [6.45, 7) is 2.24. The van der Waals surface area contributed by atoms with Gasteiger partial charge in [0.1, 0.15) is 4.83 Å². The molecule has 0 unspecified atom stereocenters. The molecule has 4 nitrogen and oxygen atoms in total. The van der Waals surface area contributed by atoms with E-state index in [9.17, 15) is 9.18 Å². The van der Waals surface area contributed by atoms with Gasteiger partial charge in [-0.25, -0.2) is 9.37 Å². The third-order valence-corrected chi connectivity index (χ3v) is 5.50. The minimum absolute atomic E-state index is 0.126. The van der Waals surface area contributed by atoms with Crippen molar-refractivity contribution >= 4 is 21.6 Å². The van der Waals surface area contributed by atoms with Crippen LogP contribution >= 0.6 is 11.3 Å². The Balaban J connectivity index is 1.83. The number of thiophene rings is 1. The zero-order valence-corrected chi connectivity index (χ0v) is 15.7. The molecule has 0 saturated carbocycles. The molecule has 0 fully saturated rings. The Bertz CT molecular complexity index is 1180. The van der Waals surface area contributed by atoms with Crippen molar-refractivity contribution in [2.75, 3.05) is 7.11 Å². The maximum Gasteiger partial charge on any atom is 0.263 e. The van der Waals surface area contributed by atoms with Gasteiger partial charge in [-0.3, -0.25) is 9.36 Å². The summed E-state index contributed by atoms with van der Waals surface area (Å²) in [4.78, 5) is 19.4. The number of ether oxygens (including phenoxy) is 1. The number of fused-ring (bicyclic) bond motifs is 1. The average molecular weight is 380 g/mol. The van der Waals surface area contributed by atoms with Gasteiger partial charge in [0.15, 0.2) is 11.6 Å². The number of benzene rings is 2. The summed E-state index contributed by atoms with van der Waals surface area (Å²) in [6, 6.07) is 14.5. The standard InChI is InChI=1S/C21H17FN2O2S/c1-13-18(15-6-4-3-5-7-15)19-20(27-13)23-12-24(21(19)25)11-14-8-9-17(26-2)16(22)10-14/h3-10,12H,11H2,1-2H3. The Morgan fingerprint density at radius 3 is 2.67 bits per heavy atom. The summed E-state index contributed by atoms with van der Waals surface area (Å²) >= 11 is 1.51. The van der Waals surface area contributed by atoms with E-state index < -0.39 is 5.82 Å². The molecule has 0 radical (unpaired) electrons. The number of aryl methyl sites for hydroxylation is 1. The van der Waals surface area contributed by atoms with Gasteiger partial charge in [0.05, 0.1) is 25.4 Å². The fourth-order valence-corrected chi connectivity index (χ4v) is 4.21. The normalized spacial score (nSPS) is 11.1. The quantitative estimate of drug-likeness (QED) is 0.518. The van der Waals surface area contributed by atoms with Gasteiger partial charge in [-0.1, -0.05) is 36.4 Å². The molecule has 0 atom stereocenters. The third kappa shape index (κ3) is 3.13. The highest BCUT2D eigenvalue weighted by atomic mass is 32.1. The Labute approximate surface area is 159 Å². The van der Waals surface area contributed by atoms with Crippen LogP contribution in [0.3, 0.4) is 0 Å². The van der Waals surface area contributed by atoms with Crippen molar-refractivity contribution in [2.24, 2.45) is 0 Å². The van der Waals surface area contributed by atoms with Gasteiger partial charge in [0.25, 0.3) is 5.56 Å². The average Bonchev–Trinajstić information content (AvgIpc) is 3.02. The van der Waals surface area contributed by atoms with Crippen LogP contribution in [0, 0.1) is 12.7 Å². The third-order valence-electron chi connectivity index (χ3n) is 4.49. The van der Waals surface area contributed by atoms with Crippen LogP contribution in [-0.4, -0.2) is 16.7 Å². The van der Waals surface area contributed by atoms with Gasteiger partial charge >= 0.3 is 0 Å². The largest absolute Gasteiger partial charge is 0.494 e. The Hall–Kier alpha value is -2.99. The van der Waals surface area contributed by atoms with Crippen LogP contribution in [0.25, 0.3) is 21.3 Å². The van der Waals surface area contributed by atoms with Crippen LogP contribution in [0.15, 0.2) is 59.7 Å². The predicted molar refractivity (Wildman–Crippen MR) is 106 cm³/mol. The molecule has 0 N–H and O–H groups in total. The molecule has 27 heavy (non-hydrogen) atoms. The van der Waals surface area contributed by atoms with Crippen LogP contribution < -0.4 is 10.3 Å². The van der Waals surface area contributed by atoms with Crippen molar-refractivity contribution in [3.63, 3.8) is 0 Å². The molecule has 2 heterocycles. The van der Waals surface area contributed by atoms with Crippen molar-refractivity contribution in [2.45, 2.75) is 13.5 Å². The topological polar surface area (TPSA) is 44.1 Å². The summed E-state index contributed by atoms with van der Waals surface area (Å²) in [5.74, 6) is -0.270. The Morgan fingerprint density at radius 2 is 1.96 bits per heavy atom. The molecule has 2 aromatic carbocycles. The monoisotopic (exact) mass is 380 g/mol. The number of aromatic nitrogens is 2. The Morgan fingerprint density at radius 1 is 1.19 bits per heavy atom. The lowest BCUT2D eigenvalue weighted by atomic mass is 10.0. The highest BCUT2D eigenvalue weighted by Gasteiger charge is 2.17. The molecular weight excluding hydrogens is 363 g/mol.